The van der Waals surface area contributed by atoms with Crippen molar-refractivity contribution in [2.45, 2.75) is 17.3 Å². The fourth-order valence-corrected chi connectivity index (χ4v) is 3.46. The van der Waals surface area contributed by atoms with E-state index in [1.54, 1.807) is 25.1 Å². The van der Waals surface area contributed by atoms with E-state index in [2.05, 4.69) is 0 Å². The van der Waals surface area contributed by atoms with E-state index in [9.17, 15) is 26.4 Å². The van der Waals surface area contributed by atoms with Gasteiger partial charge in [-0.15, -0.1) is 0 Å². The summed E-state index contributed by atoms with van der Waals surface area (Å²) >= 11 is 0. The molecule has 0 saturated carbocycles. The number of ether oxygens (including phenoxy) is 3. The van der Waals surface area contributed by atoms with Crippen molar-refractivity contribution in [1.29, 1.82) is 0 Å². The van der Waals surface area contributed by atoms with Crippen LogP contribution in [-0.4, -0.2) is 33.1 Å². The minimum absolute atomic E-state index is 0.00496. The maximum absolute atomic E-state index is 12.9. The van der Waals surface area contributed by atoms with Crippen LogP contribution in [0.2, 0.25) is 0 Å². The molecule has 29 heavy (non-hydrogen) atoms. The Bertz CT molecular complexity index is 1070. The Morgan fingerprint density at radius 2 is 1.90 bits per heavy atom. The number of hydrogen-bond donors (Lipinski definition) is 0. The van der Waals surface area contributed by atoms with Gasteiger partial charge < -0.3 is 14.2 Å². The third-order valence-corrected chi connectivity index (χ3v) is 5.44. The smallest absolute Gasteiger partial charge is 0.494 e. The summed E-state index contributed by atoms with van der Waals surface area (Å²) in [7, 11) is -5.69. The summed E-state index contributed by atoms with van der Waals surface area (Å²) in [6, 6.07) is 9.04. The zero-order chi connectivity index (χ0) is 21.2. The molecule has 0 atom stereocenters. The molecule has 2 aromatic carbocycles. The lowest BCUT2D eigenvalue weighted by Crippen LogP contribution is -2.25. The number of hydrogen-bond acceptors (Lipinski definition) is 6. The minimum Gasteiger partial charge on any atom is -0.494 e. The van der Waals surface area contributed by atoms with Gasteiger partial charge in [-0.1, -0.05) is 12.1 Å². The van der Waals surface area contributed by atoms with Crippen LogP contribution >= 0.6 is 0 Å². The minimum atomic E-state index is -5.69. The molecule has 2 aromatic rings. The quantitative estimate of drug-likeness (QED) is 0.533. The van der Waals surface area contributed by atoms with E-state index in [0.29, 0.717) is 23.7 Å². The Labute approximate surface area is 164 Å². The maximum Gasteiger partial charge on any atom is 0.502 e. The van der Waals surface area contributed by atoms with Crippen LogP contribution in [0, 0.1) is 0 Å². The first-order valence-electron chi connectivity index (χ1n) is 8.36. The number of sulfone groups is 1. The highest BCUT2D eigenvalue weighted by Gasteiger charge is 2.48. The molecule has 0 saturated heterocycles. The van der Waals surface area contributed by atoms with Crippen LogP contribution < -0.4 is 14.2 Å². The van der Waals surface area contributed by atoms with E-state index < -0.39 is 32.0 Å². The third-order valence-electron chi connectivity index (χ3n) is 3.91. The van der Waals surface area contributed by atoms with Gasteiger partial charge in [-0.25, -0.2) is 13.2 Å². The molecular formula is C19H15F3O6S. The topological polar surface area (TPSA) is 78.9 Å². The Hall–Kier alpha value is -3.01. The third kappa shape index (κ3) is 4.21. The summed E-state index contributed by atoms with van der Waals surface area (Å²) < 4.78 is 77.9. The Kier molecular flexibility index (Phi) is 5.56. The van der Waals surface area contributed by atoms with Crippen LogP contribution in [0.3, 0.4) is 0 Å². The average Bonchev–Trinajstić information content (AvgIpc) is 2.67. The predicted octanol–water partition coefficient (Wildman–Crippen LogP) is 3.76. The first-order valence-corrected chi connectivity index (χ1v) is 9.84. The van der Waals surface area contributed by atoms with Gasteiger partial charge in [-0.05, 0) is 43.3 Å². The molecule has 0 amide bonds. The Morgan fingerprint density at radius 3 is 2.59 bits per heavy atom. The van der Waals surface area contributed by atoms with E-state index >= 15 is 0 Å². The van der Waals surface area contributed by atoms with Gasteiger partial charge in [0.25, 0.3) is 9.84 Å². The first-order chi connectivity index (χ1) is 13.6. The van der Waals surface area contributed by atoms with Crippen LogP contribution in [0.5, 0.6) is 17.2 Å². The second-order valence-electron chi connectivity index (χ2n) is 5.88. The van der Waals surface area contributed by atoms with Crippen molar-refractivity contribution in [3.8, 4) is 17.2 Å². The van der Waals surface area contributed by atoms with Crippen LogP contribution in [0.25, 0.3) is 6.08 Å². The molecule has 0 bridgehead atoms. The number of para-hydroxylation sites is 1. The van der Waals surface area contributed by atoms with Crippen molar-refractivity contribution in [2.24, 2.45) is 0 Å². The Morgan fingerprint density at radius 1 is 1.17 bits per heavy atom. The van der Waals surface area contributed by atoms with E-state index in [4.69, 9.17) is 14.2 Å². The highest BCUT2D eigenvalue weighted by atomic mass is 32.2. The van der Waals surface area contributed by atoms with Crippen LogP contribution in [0.4, 0.5) is 13.2 Å². The maximum atomic E-state index is 12.9. The lowest BCUT2D eigenvalue weighted by atomic mass is 10.1. The van der Waals surface area contributed by atoms with Crippen molar-refractivity contribution in [3.05, 3.63) is 53.6 Å². The number of benzene rings is 2. The summed E-state index contributed by atoms with van der Waals surface area (Å²) in [5.74, 6) is -0.709. The summed E-state index contributed by atoms with van der Waals surface area (Å²) in [6.07, 6.45) is 1.45. The van der Waals surface area contributed by atoms with E-state index in [1.807, 2.05) is 0 Å². The van der Waals surface area contributed by atoms with Crippen LogP contribution in [0.15, 0.2) is 52.9 Å². The van der Waals surface area contributed by atoms with E-state index in [1.165, 1.54) is 12.1 Å². The lowest BCUT2D eigenvalue weighted by molar-refractivity contribution is -0.130. The van der Waals surface area contributed by atoms with Gasteiger partial charge >= 0.3 is 11.5 Å². The van der Waals surface area contributed by atoms with Crippen LogP contribution in [-0.2, 0) is 14.6 Å². The van der Waals surface area contributed by atoms with Crippen molar-refractivity contribution < 1.29 is 40.6 Å². The van der Waals surface area contributed by atoms with Gasteiger partial charge in [0.05, 0.1) is 12.2 Å². The standard InChI is InChI=1S/C19H15F3O6S/c1-2-26-14-7-8-15-12(10-14)9-13(11-27-15)18(23)28-16-5-3-4-6-17(16)29(24,25)19(20,21)22/h3-10H,2,11H2,1H3. The van der Waals surface area contributed by atoms with Gasteiger partial charge in [-0.3, -0.25) is 0 Å². The fraction of sp³-hybridized carbons (Fsp3) is 0.211. The molecule has 10 heteroatoms. The summed E-state index contributed by atoms with van der Waals surface area (Å²) in [4.78, 5) is 11.3. The molecule has 0 spiro atoms. The summed E-state index contributed by atoms with van der Waals surface area (Å²) in [5.41, 5.74) is -5.01. The summed E-state index contributed by atoms with van der Waals surface area (Å²) in [5, 5.41) is 0. The fourth-order valence-electron chi connectivity index (χ4n) is 2.58. The molecule has 6 nitrogen and oxygen atoms in total. The normalized spacial score (nSPS) is 13.7. The highest BCUT2D eigenvalue weighted by Crippen LogP contribution is 2.36. The second kappa shape index (κ2) is 7.78. The zero-order valence-electron chi connectivity index (χ0n) is 15.0. The second-order valence-corrected chi connectivity index (χ2v) is 7.79. The lowest BCUT2D eigenvalue weighted by Gasteiger charge is -2.18. The molecule has 1 heterocycles. The van der Waals surface area contributed by atoms with Crippen molar-refractivity contribution >= 4 is 21.9 Å². The number of esters is 1. The Balaban J connectivity index is 1.90. The van der Waals surface area contributed by atoms with Gasteiger partial charge in [-0.2, -0.15) is 13.2 Å². The molecule has 0 radical (unpaired) electrons. The van der Waals surface area contributed by atoms with Crippen molar-refractivity contribution in [3.63, 3.8) is 0 Å². The molecule has 1 aliphatic heterocycles. The number of carbonyl (C=O) groups is 1. The number of carbonyl (C=O) groups excluding carboxylic acids is 1. The van der Waals surface area contributed by atoms with Crippen molar-refractivity contribution in [2.75, 3.05) is 13.2 Å². The molecule has 3 rings (SSSR count). The number of fused-ring (bicyclic) bond motifs is 1. The molecular weight excluding hydrogens is 413 g/mol. The predicted molar refractivity (Wildman–Crippen MR) is 96.4 cm³/mol. The van der Waals surface area contributed by atoms with Gasteiger partial charge in [0.15, 0.2) is 0 Å². The summed E-state index contributed by atoms with van der Waals surface area (Å²) in [6.45, 7) is 2.05. The van der Waals surface area contributed by atoms with Gasteiger partial charge in [0.1, 0.15) is 28.8 Å². The zero-order valence-corrected chi connectivity index (χ0v) is 15.8. The van der Waals surface area contributed by atoms with Gasteiger partial charge in [0.2, 0.25) is 0 Å². The molecule has 0 N–H and O–H groups in total. The molecule has 0 fully saturated rings. The number of alkyl halides is 3. The molecule has 0 unspecified atom stereocenters. The SMILES string of the molecule is CCOc1ccc2c(c1)C=C(C(=O)Oc1ccccc1S(=O)(=O)C(F)(F)F)CO2. The molecule has 0 aliphatic carbocycles. The number of rotatable bonds is 5. The first kappa shape index (κ1) is 20.7. The molecule has 1 aliphatic rings. The van der Waals surface area contributed by atoms with E-state index in [-0.39, 0.29) is 12.2 Å². The number of halogens is 3. The van der Waals surface area contributed by atoms with Crippen LogP contribution in [0.1, 0.15) is 12.5 Å². The largest absolute Gasteiger partial charge is 0.502 e. The van der Waals surface area contributed by atoms with E-state index in [0.717, 1.165) is 18.2 Å². The van der Waals surface area contributed by atoms with Crippen molar-refractivity contribution in [1.82, 2.24) is 0 Å². The average molecular weight is 428 g/mol. The van der Waals surface area contributed by atoms with Gasteiger partial charge in [0, 0.05) is 5.56 Å². The molecule has 0 aromatic heterocycles. The highest BCUT2D eigenvalue weighted by molar-refractivity contribution is 7.92. The monoisotopic (exact) mass is 428 g/mol. The molecule has 154 valence electrons.